The van der Waals surface area contributed by atoms with Crippen LogP contribution in [0.15, 0.2) is 66.7 Å². The fourth-order valence-corrected chi connectivity index (χ4v) is 3.98. The predicted octanol–water partition coefficient (Wildman–Crippen LogP) is 4.31. The van der Waals surface area contributed by atoms with E-state index in [2.05, 4.69) is 5.32 Å². The highest BCUT2D eigenvalue weighted by Gasteiger charge is 2.28. The highest BCUT2D eigenvalue weighted by Crippen LogP contribution is 2.29. The van der Waals surface area contributed by atoms with Crippen LogP contribution in [0.4, 0.5) is 5.69 Å². The van der Waals surface area contributed by atoms with Crippen molar-refractivity contribution in [2.75, 3.05) is 26.1 Å². The van der Waals surface area contributed by atoms with Gasteiger partial charge in [-0.25, -0.2) is 0 Å². The summed E-state index contributed by atoms with van der Waals surface area (Å²) in [5, 5.41) is 2.92. The molecule has 0 spiro atoms. The molecule has 0 bridgehead atoms. The van der Waals surface area contributed by atoms with Gasteiger partial charge in [-0.05, 0) is 67.4 Å². The minimum Gasteiger partial charge on any atom is -0.497 e. The standard InChI is InChI=1S/C27H28N2O5/c1-18-27(31)29(15-14-19-6-4-5-7-24(19)33-3)17-21-16-22(10-13-25(21)34-18)28-26(30)20-8-11-23(32-2)12-9-20/h4-13,16,18H,14-15,17H2,1-3H3,(H,28,30). The molecule has 0 aliphatic carbocycles. The van der Waals surface area contributed by atoms with Gasteiger partial charge in [0.05, 0.1) is 14.2 Å². The summed E-state index contributed by atoms with van der Waals surface area (Å²) in [4.78, 5) is 27.4. The van der Waals surface area contributed by atoms with Gasteiger partial charge in [0.25, 0.3) is 11.8 Å². The van der Waals surface area contributed by atoms with Crippen molar-refractivity contribution in [2.45, 2.75) is 26.0 Å². The number of amides is 2. The number of para-hydroxylation sites is 1. The number of ether oxygens (including phenoxy) is 3. The molecule has 4 rings (SSSR count). The Morgan fingerprint density at radius 3 is 2.56 bits per heavy atom. The first kappa shape index (κ1) is 23.2. The van der Waals surface area contributed by atoms with Crippen molar-refractivity contribution in [3.8, 4) is 17.2 Å². The molecule has 3 aromatic carbocycles. The number of nitrogens with one attached hydrogen (secondary N) is 1. The van der Waals surface area contributed by atoms with Gasteiger partial charge >= 0.3 is 0 Å². The molecule has 3 aromatic rings. The van der Waals surface area contributed by atoms with Gasteiger partial charge in [-0.2, -0.15) is 0 Å². The van der Waals surface area contributed by atoms with Crippen molar-refractivity contribution in [1.82, 2.24) is 4.90 Å². The summed E-state index contributed by atoms with van der Waals surface area (Å²) in [6.45, 7) is 2.67. The zero-order valence-electron chi connectivity index (χ0n) is 19.5. The number of hydrogen-bond acceptors (Lipinski definition) is 5. The molecule has 176 valence electrons. The molecule has 1 unspecified atom stereocenters. The maximum atomic E-state index is 13.0. The maximum absolute atomic E-state index is 13.0. The molecular weight excluding hydrogens is 432 g/mol. The number of anilines is 1. The van der Waals surface area contributed by atoms with Crippen molar-refractivity contribution >= 4 is 17.5 Å². The quantitative estimate of drug-likeness (QED) is 0.569. The molecule has 1 N–H and O–H groups in total. The molecule has 1 aliphatic heterocycles. The van der Waals surface area contributed by atoms with E-state index in [1.165, 1.54) is 0 Å². The minimum atomic E-state index is -0.598. The third kappa shape index (κ3) is 5.14. The SMILES string of the molecule is COc1ccc(C(=O)Nc2ccc3c(c2)CN(CCc2ccccc2OC)C(=O)C(C)O3)cc1. The molecule has 7 nitrogen and oxygen atoms in total. The average molecular weight is 461 g/mol. The van der Waals surface area contributed by atoms with Crippen LogP contribution in [-0.2, 0) is 17.8 Å². The zero-order chi connectivity index (χ0) is 24.1. The van der Waals surface area contributed by atoms with Gasteiger partial charge in [0.2, 0.25) is 0 Å². The van der Waals surface area contributed by atoms with Crippen molar-refractivity contribution in [3.63, 3.8) is 0 Å². The summed E-state index contributed by atoms with van der Waals surface area (Å²) in [5.74, 6) is 1.83. The first-order valence-electron chi connectivity index (χ1n) is 11.1. The molecule has 34 heavy (non-hydrogen) atoms. The minimum absolute atomic E-state index is 0.0742. The Hall–Kier alpha value is -4.00. The van der Waals surface area contributed by atoms with E-state index in [9.17, 15) is 9.59 Å². The van der Waals surface area contributed by atoms with Gasteiger partial charge in [0, 0.05) is 29.9 Å². The van der Waals surface area contributed by atoms with Crippen molar-refractivity contribution in [3.05, 3.63) is 83.4 Å². The van der Waals surface area contributed by atoms with Crippen LogP contribution >= 0.6 is 0 Å². The van der Waals surface area contributed by atoms with Crippen molar-refractivity contribution in [2.24, 2.45) is 0 Å². The van der Waals surface area contributed by atoms with E-state index in [0.29, 0.717) is 42.3 Å². The van der Waals surface area contributed by atoms with Crippen LogP contribution in [0.5, 0.6) is 17.2 Å². The molecule has 1 heterocycles. The van der Waals surface area contributed by atoms with E-state index in [4.69, 9.17) is 14.2 Å². The van der Waals surface area contributed by atoms with Gasteiger partial charge in [-0.1, -0.05) is 18.2 Å². The second-order valence-corrected chi connectivity index (χ2v) is 8.09. The van der Waals surface area contributed by atoms with E-state index < -0.39 is 6.10 Å². The third-order valence-electron chi connectivity index (χ3n) is 5.84. The van der Waals surface area contributed by atoms with Crippen LogP contribution in [0.2, 0.25) is 0 Å². The highest BCUT2D eigenvalue weighted by molar-refractivity contribution is 6.04. The smallest absolute Gasteiger partial charge is 0.263 e. The Labute approximate surface area is 199 Å². The van der Waals surface area contributed by atoms with E-state index in [1.54, 1.807) is 62.4 Å². The highest BCUT2D eigenvalue weighted by atomic mass is 16.5. The molecule has 1 atom stereocenters. The lowest BCUT2D eigenvalue weighted by Gasteiger charge is -2.22. The molecule has 2 amide bonds. The predicted molar refractivity (Wildman–Crippen MR) is 130 cm³/mol. The lowest BCUT2D eigenvalue weighted by atomic mass is 10.1. The summed E-state index contributed by atoms with van der Waals surface area (Å²) in [5.41, 5.74) is 3.03. The Bertz CT molecular complexity index is 1180. The largest absolute Gasteiger partial charge is 0.497 e. The van der Waals surface area contributed by atoms with Crippen molar-refractivity contribution < 1.29 is 23.8 Å². The average Bonchev–Trinajstić information content (AvgIpc) is 2.98. The first-order chi connectivity index (χ1) is 16.5. The fourth-order valence-electron chi connectivity index (χ4n) is 3.98. The van der Waals surface area contributed by atoms with Crippen LogP contribution in [0.3, 0.4) is 0 Å². The monoisotopic (exact) mass is 460 g/mol. The number of carbonyl (C=O) groups is 2. The Morgan fingerprint density at radius 2 is 1.82 bits per heavy atom. The normalized spacial score (nSPS) is 15.1. The fraction of sp³-hybridized carbons (Fsp3) is 0.259. The summed E-state index contributed by atoms with van der Waals surface area (Å²) >= 11 is 0. The number of hydrogen-bond donors (Lipinski definition) is 1. The molecule has 0 radical (unpaired) electrons. The van der Waals surface area contributed by atoms with E-state index in [-0.39, 0.29) is 11.8 Å². The zero-order valence-corrected chi connectivity index (χ0v) is 19.5. The number of rotatable bonds is 7. The summed E-state index contributed by atoms with van der Waals surface area (Å²) in [7, 11) is 3.22. The number of methoxy groups -OCH3 is 2. The van der Waals surface area contributed by atoms with Gasteiger partial charge in [0.1, 0.15) is 17.2 Å². The van der Waals surface area contributed by atoms with E-state index in [1.807, 2.05) is 30.3 Å². The van der Waals surface area contributed by atoms with Crippen LogP contribution in [-0.4, -0.2) is 43.6 Å². The number of fused-ring (bicyclic) bond motifs is 1. The Balaban J connectivity index is 1.50. The molecule has 0 aromatic heterocycles. The van der Waals surface area contributed by atoms with Gasteiger partial charge in [-0.15, -0.1) is 0 Å². The van der Waals surface area contributed by atoms with E-state index >= 15 is 0 Å². The second-order valence-electron chi connectivity index (χ2n) is 8.09. The first-order valence-corrected chi connectivity index (χ1v) is 11.1. The topological polar surface area (TPSA) is 77.1 Å². The van der Waals surface area contributed by atoms with Gasteiger partial charge < -0.3 is 24.4 Å². The van der Waals surface area contributed by atoms with Gasteiger partial charge in [-0.3, -0.25) is 9.59 Å². The summed E-state index contributed by atoms with van der Waals surface area (Å²) in [6.07, 6.45) is 0.0600. The molecule has 1 aliphatic rings. The van der Waals surface area contributed by atoms with Crippen LogP contribution in [0.25, 0.3) is 0 Å². The van der Waals surface area contributed by atoms with Crippen molar-refractivity contribution in [1.29, 1.82) is 0 Å². The Kier molecular flexibility index (Phi) is 7.01. The number of nitrogens with zero attached hydrogens (tertiary/aromatic N) is 1. The molecular formula is C27H28N2O5. The third-order valence-corrected chi connectivity index (χ3v) is 5.84. The molecule has 7 heteroatoms. The Morgan fingerprint density at radius 1 is 1.06 bits per heavy atom. The number of benzene rings is 3. The maximum Gasteiger partial charge on any atom is 0.263 e. The molecule has 0 fully saturated rings. The van der Waals surface area contributed by atoms with Crippen LogP contribution in [0.1, 0.15) is 28.4 Å². The van der Waals surface area contributed by atoms with Crippen LogP contribution < -0.4 is 19.5 Å². The van der Waals surface area contributed by atoms with Crippen LogP contribution in [0, 0.1) is 0 Å². The van der Waals surface area contributed by atoms with E-state index in [0.717, 1.165) is 16.9 Å². The second kappa shape index (κ2) is 10.3. The lowest BCUT2D eigenvalue weighted by Crippen LogP contribution is -2.39. The lowest BCUT2D eigenvalue weighted by molar-refractivity contribution is -0.137. The summed E-state index contributed by atoms with van der Waals surface area (Å²) in [6, 6.07) is 20.1. The van der Waals surface area contributed by atoms with Gasteiger partial charge in [0.15, 0.2) is 6.10 Å². The molecule has 0 saturated heterocycles. The number of carbonyl (C=O) groups excluding carboxylic acids is 2. The molecule has 0 saturated carbocycles. The summed E-state index contributed by atoms with van der Waals surface area (Å²) < 4.78 is 16.5.